The molecule has 0 amide bonds. The van der Waals surface area contributed by atoms with Crippen LogP contribution in [0, 0.1) is 6.92 Å². The van der Waals surface area contributed by atoms with E-state index in [1.807, 2.05) is 0 Å². The maximum Gasteiger partial charge on any atom is 0.188 e. The summed E-state index contributed by atoms with van der Waals surface area (Å²) < 4.78 is 0. The van der Waals surface area contributed by atoms with Gasteiger partial charge in [0.05, 0.1) is 0 Å². The lowest BCUT2D eigenvalue weighted by Gasteiger charge is -2.07. The van der Waals surface area contributed by atoms with Crippen molar-refractivity contribution in [2.45, 2.75) is 46.0 Å². The number of nitrogens with one attached hydrogen (secondary N) is 1. The predicted molar refractivity (Wildman–Crippen MR) is 83.5 cm³/mol. The molecule has 19 heavy (non-hydrogen) atoms. The quantitative estimate of drug-likeness (QED) is 0.429. The summed E-state index contributed by atoms with van der Waals surface area (Å²) in [5, 5.41) is 3.18. The third-order valence-electron chi connectivity index (χ3n) is 3.26. The summed E-state index contributed by atoms with van der Waals surface area (Å²) in [4.78, 5) is 4.33. The fourth-order valence-electron chi connectivity index (χ4n) is 2.01. The fourth-order valence-corrected chi connectivity index (χ4v) is 2.01. The number of guanidine groups is 1. The van der Waals surface area contributed by atoms with Gasteiger partial charge in [-0.1, -0.05) is 50.5 Å². The van der Waals surface area contributed by atoms with Gasteiger partial charge < -0.3 is 11.1 Å². The number of benzene rings is 1. The second kappa shape index (κ2) is 9.42. The molecule has 0 spiro atoms. The van der Waals surface area contributed by atoms with E-state index in [1.165, 1.54) is 30.4 Å². The molecule has 1 aromatic carbocycles. The van der Waals surface area contributed by atoms with Crippen LogP contribution in [0.2, 0.25) is 0 Å². The topological polar surface area (TPSA) is 50.4 Å². The van der Waals surface area contributed by atoms with Crippen molar-refractivity contribution in [2.24, 2.45) is 10.7 Å². The molecule has 3 heteroatoms. The molecule has 0 saturated heterocycles. The SMILES string of the molecule is CCCCCCN=C(N)NCCc1ccccc1C. The van der Waals surface area contributed by atoms with E-state index in [2.05, 4.69) is 48.4 Å². The summed E-state index contributed by atoms with van der Waals surface area (Å²) in [6.45, 7) is 6.03. The van der Waals surface area contributed by atoms with E-state index < -0.39 is 0 Å². The minimum Gasteiger partial charge on any atom is -0.370 e. The largest absolute Gasteiger partial charge is 0.370 e. The normalized spacial score (nSPS) is 11.6. The van der Waals surface area contributed by atoms with E-state index in [-0.39, 0.29) is 0 Å². The summed E-state index contributed by atoms with van der Waals surface area (Å²) in [5.74, 6) is 0.574. The molecule has 1 aromatic rings. The average molecular weight is 261 g/mol. The van der Waals surface area contributed by atoms with Crippen molar-refractivity contribution >= 4 is 5.96 Å². The Morgan fingerprint density at radius 1 is 1.21 bits per heavy atom. The minimum atomic E-state index is 0.574. The molecule has 0 aliphatic rings. The maximum atomic E-state index is 5.83. The van der Waals surface area contributed by atoms with Gasteiger partial charge in [0.15, 0.2) is 5.96 Å². The summed E-state index contributed by atoms with van der Waals surface area (Å²) in [6, 6.07) is 8.45. The Morgan fingerprint density at radius 3 is 2.74 bits per heavy atom. The zero-order valence-corrected chi connectivity index (χ0v) is 12.3. The Hall–Kier alpha value is -1.51. The second-order valence-electron chi connectivity index (χ2n) is 4.93. The first kappa shape index (κ1) is 15.5. The van der Waals surface area contributed by atoms with Crippen molar-refractivity contribution in [1.29, 1.82) is 0 Å². The highest BCUT2D eigenvalue weighted by atomic mass is 15.1. The Labute approximate surface area is 117 Å². The molecule has 3 nitrogen and oxygen atoms in total. The molecule has 0 unspecified atom stereocenters. The molecule has 1 rings (SSSR count). The van der Waals surface area contributed by atoms with E-state index in [0.29, 0.717) is 5.96 Å². The van der Waals surface area contributed by atoms with E-state index in [9.17, 15) is 0 Å². The van der Waals surface area contributed by atoms with Crippen molar-refractivity contribution in [3.05, 3.63) is 35.4 Å². The molecule has 0 aliphatic heterocycles. The van der Waals surface area contributed by atoms with Gasteiger partial charge in [0.2, 0.25) is 0 Å². The number of aryl methyl sites for hydroxylation is 1. The van der Waals surface area contributed by atoms with Gasteiger partial charge in [-0.15, -0.1) is 0 Å². The number of hydrogen-bond donors (Lipinski definition) is 2. The Balaban J connectivity index is 2.18. The molecule has 0 heterocycles. The number of nitrogens with two attached hydrogens (primary N) is 1. The molecule has 0 aliphatic carbocycles. The van der Waals surface area contributed by atoms with Crippen LogP contribution in [-0.4, -0.2) is 19.0 Å². The highest BCUT2D eigenvalue weighted by molar-refractivity contribution is 5.77. The van der Waals surface area contributed by atoms with Crippen LogP contribution in [0.25, 0.3) is 0 Å². The first-order valence-corrected chi connectivity index (χ1v) is 7.32. The molecule has 0 bridgehead atoms. The standard InChI is InChI=1S/C16H27N3/c1-3-4-5-8-12-18-16(17)19-13-11-15-10-7-6-9-14(15)2/h6-7,9-10H,3-5,8,11-13H2,1-2H3,(H3,17,18,19). The predicted octanol–water partition coefficient (Wildman–Crippen LogP) is 3.02. The summed E-state index contributed by atoms with van der Waals surface area (Å²) in [7, 11) is 0. The molecular formula is C16H27N3. The van der Waals surface area contributed by atoms with Crippen molar-refractivity contribution < 1.29 is 0 Å². The molecule has 106 valence electrons. The Kier molecular flexibility index (Phi) is 7.71. The monoisotopic (exact) mass is 261 g/mol. The smallest absolute Gasteiger partial charge is 0.188 e. The van der Waals surface area contributed by atoms with E-state index in [4.69, 9.17) is 5.73 Å². The van der Waals surface area contributed by atoms with Crippen LogP contribution >= 0.6 is 0 Å². The number of hydrogen-bond acceptors (Lipinski definition) is 1. The van der Waals surface area contributed by atoms with E-state index in [1.54, 1.807) is 0 Å². The Bertz CT molecular complexity index is 385. The first-order valence-electron chi connectivity index (χ1n) is 7.32. The molecule has 0 atom stereocenters. The number of aliphatic imine (C=N–C) groups is 1. The van der Waals surface area contributed by atoms with Crippen molar-refractivity contribution in [2.75, 3.05) is 13.1 Å². The third-order valence-corrected chi connectivity index (χ3v) is 3.26. The summed E-state index contributed by atoms with van der Waals surface area (Å²) >= 11 is 0. The van der Waals surface area contributed by atoms with Gasteiger partial charge in [-0.25, -0.2) is 0 Å². The van der Waals surface area contributed by atoms with Crippen LogP contribution in [0.1, 0.15) is 43.7 Å². The van der Waals surface area contributed by atoms with E-state index >= 15 is 0 Å². The molecule has 3 N–H and O–H groups in total. The molecular weight excluding hydrogens is 234 g/mol. The van der Waals surface area contributed by atoms with Crippen LogP contribution in [0.3, 0.4) is 0 Å². The van der Waals surface area contributed by atoms with Crippen LogP contribution in [0.15, 0.2) is 29.3 Å². The van der Waals surface area contributed by atoms with Gasteiger partial charge in [-0.05, 0) is 30.9 Å². The lowest BCUT2D eigenvalue weighted by Crippen LogP contribution is -2.33. The lowest BCUT2D eigenvalue weighted by molar-refractivity contribution is 0.673. The lowest BCUT2D eigenvalue weighted by atomic mass is 10.1. The van der Waals surface area contributed by atoms with Crippen molar-refractivity contribution in [3.8, 4) is 0 Å². The Morgan fingerprint density at radius 2 is 2.00 bits per heavy atom. The number of rotatable bonds is 8. The second-order valence-corrected chi connectivity index (χ2v) is 4.93. The van der Waals surface area contributed by atoms with Gasteiger partial charge in [-0.2, -0.15) is 0 Å². The van der Waals surface area contributed by atoms with Crippen molar-refractivity contribution in [3.63, 3.8) is 0 Å². The van der Waals surface area contributed by atoms with Crippen LogP contribution in [0.5, 0.6) is 0 Å². The van der Waals surface area contributed by atoms with Gasteiger partial charge in [0.1, 0.15) is 0 Å². The highest BCUT2D eigenvalue weighted by Gasteiger charge is 1.97. The summed E-state index contributed by atoms with van der Waals surface area (Å²) in [5.41, 5.74) is 8.53. The maximum absolute atomic E-state index is 5.83. The fraction of sp³-hybridized carbons (Fsp3) is 0.562. The molecule has 0 radical (unpaired) electrons. The zero-order valence-electron chi connectivity index (χ0n) is 12.3. The average Bonchev–Trinajstić information content (AvgIpc) is 2.41. The van der Waals surface area contributed by atoms with Crippen molar-refractivity contribution in [1.82, 2.24) is 5.32 Å². The van der Waals surface area contributed by atoms with E-state index in [0.717, 1.165) is 25.9 Å². The first-order chi connectivity index (χ1) is 9.24. The van der Waals surface area contributed by atoms with Crippen LogP contribution < -0.4 is 11.1 Å². The van der Waals surface area contributed by atoms with Gasteiger partial charge in [-0.3, -0.25) is 4.99 Å². The van der Waals surface area contributed by atoms with Gasteiger partial charge in [0, 0.05) is 13.1 Å². The van der Waals surface area contributed by atoms with Gasteiger partial charge in [0.25, 0.3) is 0 Å². The van der Waals surface area contributed by atoms with Crippen LogP contribution in [-0.2, 0) is 6.42 Å². The summed E-state index contributed by atoms with van der Waals surface area (Å²) in [6.07, 6.45) is 5.91. The van der Waals surface area contributed by atoms with Crippen LogP contribution in [0.4, 0.5) is 0 Å². The minimum absolute atomic E-state index is 0.574. The number of unbranched alkanes of at least 4 members (excludes halogenated alkanes) is 3. The zero-order chi connectivity index (χ0) is 13.9. The number of nitrogens with zero attached hydrogens (tertiary/aromatic N) is 1. The molecule has 0 fully saturated rings. The molecule has 0 saturated carbocycles. The highest BCUT2D eigenvalue weighted by Crippen LogP contribution is 2.06. The van der Waals surface area contributed by atoms with Gasteiger partial charge >= 0.3 is 0 Å². The molecule has 0 aromatic heterocycles. The third kappa shape index (κ3) is 6.85.